The lowest BCUT2D eigenvalue weighted by Gasteiger charge is -2.19. The summed E-state index contributed by atoms with van der Waals surface area (Å²) >= 11 is 14.2. The summed E-state index contributed by atoms with van der Waals surface area (Å²) in [7, 11) is 0. The molecule has 0 N–H and O–H groups in total. The van der Waals surface area contributed by atoms with Gasteiger partial charge in [-0.05, 0) is 41.8 Å². The summed E-state index contributed by atoms with van der Waals surface area (Å²) in [5, 5.41) is 13.0. The van der Waals surface area contributed by atoms with Gasteiger partial charge in [0.2, 0.25) is 5.16 Å². The summed E-state index contributed by atoms with van der Waals surface area (Å²) in [5.41, 5.74) is 0.706. The molecule has 0 unspecified atom stereocenters. The van der Waals surface area contributed by atoms with Gasteiger partial charge in [-0.2, -0.15) is 0 Å². The maximum absolute atomic E-state index is 12.9. The lowest BCUT2D eigenvalue weighted by Crippen LogP contribution is -2.35. The first-order chi connectivity index (χ1) is 13.5. The maximum Gasteiger partial charge on any atom is 0.209 e. The molecule has 2 aromatic rings. The zero-order valence-electron chi connectivity index (χ0n) is 14.7. The minimum Gasteiger partial charge on any atom is -0.298 e. The van der Waals surface area contributed by atoms with Gasteiger partial charge in [0, 0.05) is 34.7 Å². The molecule has 1 aromatic heterocycles. The number of hydrogen-bond donors (Lipinski definition) is 0. The Bertz CT molecular complexity index is 958. The van der Waals surface area contributed by atoms with Crippen LogP contribution in [-0.4, -0.2) is 37.6 Å². The largest absolute Gasteiger partial charge is 0.298 e. The second-order valence-corrected chi connectivity index (χ2v) is 8.62. The minimum absolute atomic E-state index is 0.150. The molecule has 10 heteroatoms. The fourth-order valence-corrected chi connectivity index (χ4v) is 4.98. The van der Waals surface area contributed by atoms with E-state index in [0.29, 0.717) is 34.0 Å². The molecule has 2 aliphatic carbocycles. The smallest absolute Gasteiger partial charge is 0.209 e. The molecular weight excluding hydrogens is 423 g/mol. The molecule has 2 saturated carbocycles. The Morgan fingerprint density at radius 2 is 1.89 bits per heavy atom. The highest BCUT2D eigenvalue weighted by molar-refractivity contribution is 7.98. The van der Waals surface area contributed by atoms with Gasteiger partial charge in [0.25, 0.3) is 0 Å². The fraction of sp³-hybridized carbons (Fsp3) is 0.444. The van der Waals surface area contributed by atoms with Crippen LogP contribution in [-0.2, 0) is 15.3 Å². The summed E-state index contributed by atoms with van der Waals surface area (Å²) in [4.78, 5) is 37.1. The van der Waals surface area contributed by atoms with Gasteiger partial charge in [-0.25, -0.2) is 4.68 Å². The van der Waals surface area contributed by atoms with E-state index in [1.165, 1.54) is 17.8 Å². The molecule has 0 radical (unpaired) electrons. The van der Waals surface area contributed by atoms with Crippen LogP contribution in [0.25, 0.3) is 0 Å². The molecule has 1 heterocycles. The molecule has 2 fully saturated rings. The van der Waals surface area contributed by atoms with E-state index < -0.39 is 11.7 Å². The SMILES string of the molecule is O=C1CCCC(=O)C1C(=O)c1ccc(Cl)c(CSc2nnnn2C2CC2)c1Cl. The lowest BCUT2D eigenvalue weighted by molar-refractivity contribution is -0.133. The number of Topliss-reactive ketones (excluding diaryl/α,β-unsaturated/α-hetero) is 3. The summed E-state index contributed by atoms with van der Waals surface area (Å²) in [6, 6.07) is 3.38. The number of aromatic nitrogens is 4. The third-order valence-corrected chi connectivity index (χ3v) is 6.65. The van der Waals surface area contributed by atoms with Crippen molar-refractivity contribution in [2.75, 3.05) is 0 Å². The molecule has 0 saturated heterocycles. The van der Waals surface area contributed by atoms with E-state index in [9.17, 15) is 14.4 Å². The predicted octanol–water partition coefficient (Wildman–Crippen LogP) is 3.73. The minimum atomic E-state index is -1.25. The second kappa shape index (κ2) is 7.93. The molecule has 0 bridgehead atoms. The van der Waals surface area contributed by atoms with E-state index in [0.717, 1.165) is 12.8 Å². The van der Waals surface area contributed by atoms with Crippen LogP contribution in [0, 0.1) is 5.92 Å². The summed E-state index contributed by atoms with van der Waals surface area (Å²) in [6.45, 7) is 0. The Balaban J connectivity index is 1.58. The molecule has 0 aliphatic heterocycles. The van der Waals surface area contributed by atoms with Crippen molar-refractivity contribution in [1.82, 2.24) is 20.2 Å². The van der Waals surface area contributed by atoms with Crippen molar-refractivity contribution in [2.45, 2.75) is 49.1 Å². The van der Waals surface area contributed by atoms with Crippen molar-refractivity contribution in [3.8, 4) is 0 Å². The Morgan fingerprint density at radius 1 is 1.18 bits per heavy atom. The van der Waals surface area contributed by atoms with E-state index in [2.05, 4.69) is 15.5 Å². The normalized spacial score (nSPS) is 17.9. The molecule has 1 aromatic carbocycles. The average molecular weight is 439 g/mol. The van der Waals surface area contributed by atoms with E-state index in [1.54, 1.807) is 10.7 Å². The monoisotopic (exact) mass is 438 g/mol. The standard InChI is InChI=1S/C18H16Cl2N4O3S/c19-12-7-6-10(17(27)15-13(25)2-1-3-14(15)26)16(20)11(12)8-28-18-21-22-23-24(18)9-4-5-9/h6-7,9,15H,1-5,8H2. The number of tetrazole rings is 1. The Hall–Kier alpha value is -1.77. The predicted molar refractivity (Wildman–Crippen MR) is 104 cm³/mol. The maximum atomic E-state index is 12.9. The zero-order valence-corrected chi connectivity index (χ0v) is 17.1. The number of carbonyl (C=O) groups is 3. The third kappa shape index (κ3) is 3.73. The van der Waals surface area contributed by atoms with E-state index >= 15 is 0 Å². The van der Waals surface area contributed by atoms with Crippen molar-refractivity contribution < 1.29 is 14.4 Å². The molecule has 2 aliphatic rings. The Morgan fingerprint density at radius 3 is 2.57 bits per heavy atom. The molecule has 7 nitrogen and oxygen atoms in total. The molecule has 0 spiro atoms. The quantitative estimate of drug-likeness (QED) is 0.385. The van der Waals surface area contributed by atoms with Crippen molar-refractivity contribution in [2.24, 2.45) is 5.92 Å². The highest BCUT2D eigenvalue weighted by Crippen LogP contribution is 2.39. The average Bonchev–Trinajstić information content (AvgIpc) is 3.39. The van der Waals surface area contributed by atoms with Crippen molar-refractivity contribution in [1.29, 1.82) is 0 Å². The van der Waals surface area contributed by atoms with Gasteiger partial charge in [0.1, 0.15) is 5.92 Å². The highest BCUT2D eigenvalue weighted by atomic mass is 35.5. The van der Waals surface area contributed by atoms with Crippen LogP contribution in [0.5, 0.6) is 0 Å². The van der Waals surface area contributed by atoms with E-state index in [4.69, 9.17) is 23.2 Å². The van der Waals surface area contributed by atoms with E-state index in [-0.39, 0.29) is 35.0 Å². The van der Waals surface area contributed by atoms with Gasteiger partial charge < -0.3 is 0 Å². The first kappa shape index (κ1) is 19.5. The van der Waals surface area contributed by atoms with Crippen LogP contribution >= 0.6 is 35.0 Å². The number of halogens is 2. The topological polar surface area (TPSA) is 94.8 Å². The van der Waals surface area contributed by atoms with Crippen molar-refractivity contribution >= 4 is 52.3 Å². The van der Waals surface area contributed by atoms with Gasteiger partial charge in [-0.3, -0.25) is 14.4 Å². The molecule has 0 amide bonds. The van der Waals surface area contributed by atoms with Gasteiger partial charge in [0.05, 0.1) is 11.1 Å². The third-order valence-electron chi connectivity index (χ3n) is 4.90. The van der Waals surface area contributed by atoms with Gasteiger partial charge >= 0.3 is 0 Å². The number of carbonyl (C=O) groups excluding carboxylic acids is 3. The van der Waals surface area contributed by atoms with Crippen LogP contribution < -0.4 is 0 Å². The number of hydrogen-bond acceptors (Lipinski definition) is 7. The summed E-state index contributed by atoms with van der Waals surface area (Å²) in [5.74, 6) is -2.13. The summed E-state index contributed by atoms with van der Waals surface area (Å²) < 4.78 is 1.78. The highest BCUT2D eigenvalue weighted by Gasteiger charge is 2.37. The van der Waals surface area contributed by atoms with Crippen LogP contribution in [0.4, 0.5) is 0 Å². The molecule has 28 heavy (non-hydrogen) atoms. The van der Waals surface area contributed by atoms with Gasteiger partial charge in [-0.15, -0.1) is 5.10 Å². The molecule has 146 valence electrons. The first-order valence-corrected chi connectivity index (χ1v) is 10.7. The van der Waals surface area contributed by atoms with Gasteiger partial charge in [0.15, 0.2) is 17.3 Å². The number of thioether (sulfide) groups is 1. The number of benzene rings is 1. The van der Waals surface area contributed by atoms with Gasteiger partial charge in [-0.1, -0.05) is 35.0 Å². The lowest BCUT2D eigenvalue weighted by atomic mass is 9.81. The number of ketones is 3. The van der Waals surface area contributed by atoms with Crippen molar-refractivity contribution in [3.63, 3.8) is 0 Å². The first-order valence-electron chi connectivity index (χ1n) is 8.94. The van der Waals surface area contributed by atoms with Crippen LogP contribution in [0.3, 0.4) is 0 Å². The zero-order chi connectivity index (χ0) is 19.8. The fourth-order valence-electron chi connectivity index (χ4n) is 3.24. The Labute approximate surface area is 175 Å². The Kier molecular flexibility index (Phi) is 5.53. The van der Waals surface area contributed by atoms with Crippen LogP contribution in [0.1, 0.15) is 54.1 Å². The number of nitrogens with zero attached hydrogens (tertiary/aromatic N) is 4. The molecule has 0 atom stereocenters. The number of rotatable bonds is 6. The van der Waals surface area contributed by atoms with Crippen LogP contribution in [0.15, 0.2) is 17.3 Å². The van der Waals surface area contributed by atoms with E-state index in [1.807, 2.05) is 0 Å². The molecular formula is C18H16Cl2N4O3S. The summed E-state index contributed by atoms with van der Waals surface area (Å²) in [6.07, 6.45) is 3.06. The van der Waals surface area contributed by atoms with Crippen LogP contribution in [0.2, 0.25) is 10.0 Å². The second-order valence-electron chi connectivity index (χ2n) is 6.90. The molecule has 4 rings (SSSR count). The van der Waals surface area contributed by atoms with Crippen molar-refractivity contribution in [3.05, 3.63) is 33.3 Å².